The summed E-state index contributed by atoms with van der Waals surface area (Å²) in [6.07, 6.45) is 1.50. The van der Waals surface area contributed by atoms with E-state index < -0.39 is 21.3 Å². The zero-order chi connectivity index (χ0) is 20.5. The maximum absolute atomic E-state index is 13.0. The highest BCUT2D eigenvalue weighted by molar-refractivity contribution is 7.89. The number of hydrogen-bond acceptors (Lipinski definition) is 7. The van der Waals surface area contributed by atoms with Crippen molar-refractivity contribution in [1.82, 2.24) is 28.6 Å². The topological polar surface area (TPSA) is 132 Å². The number of benzene rings is 1. The van der Waals surface area contributed by atoms with Gasteiger partial charge in [-0.1, -0.05) is 0 Å². The van der Waals surface area contributed by atoms with Crippen molar-refractivity contribution in [2.45, 2.75) is 18.0 Å². The second kappa shape index (κ2) is 7.66. The predicted octanol–water partition coefficient (Wildman–Crippen LogP) is -0.715. The van der Waals surface area contributed by atoms with Crippen LogP contribution in [0.15, 0.2) is 39.0 Å². The van der Waals surface area contributed by atoms with Gasteiger partial charge in [0.05, 0.1) is 29.0 Å². The fourth-order valence-corrected chi connectivity index (χ4v) is 3.84. The van der Waals surface area contributed by atoms with E-state index in [-0.39, 0.29) is 22.3 Å². The number of rotatable bonds is 7. The molecule has 1 aromatic carbocycles. The molecule has 2 heterocycles. The molecule has 0 saturated carbocycles. The maximum atomic E-state index is 13.0. The fraction of sp³-hybridized carbons (Fsp3) is 0.375. The van der Waals surface area contributed by atoms with Gasteiger partial charge in [0.25, 0.3) is 5.56 Å². The lowest BCUT2D eigenvalue weighted by molar-refractivity contribution is 0.185. The number of nitrogens with zero attached hydrogens (tertiary/aromatic N) is 5. The van der Waals surface area contributed by atoms with Crippen LogP contribution in [0.3, 0.4) is 0 Å². The minimum absolute atomic E-state index is 0.00623. The Hall–Kier alpha value is -2.83. The van der Waals surface area contributed by atoms with Crippen LogP contribution < -0.4 is 11.2 Å². The van der Waals surface area contributed by atoms with Crippen LogP contribution >= 0.6 is 0 Å². The molecular weight excluding hydrogens is 388 g/mol. The Morgan fingerprint density at radius 3 is 2.75 bits per heavy atom. The Morgan fingerprint density at radius 1 is 1.29 bits per heavy atom. The Labute approximate surface area is 160 Å². The molecule has 12 heteroatoms. The summed E-state index contributed by atoms with van der Waals surface area (Å²) in [5, 5.41) is 7.88. The van der Waals surface area contributed by atoms with Gasteiger partial charge < -0.3 is 14.3 Å². The molecule has 3 rings (SSSR count). The SMILES string of the molecule is COCCn1cnnc1CN(C)S(=O)(=O)c1ccc2[nH]c(=O)n(C)c(=O)c2c1. The van der Waals surface area contributed by atoms with Crippen molar-refractivity contribution in [1.29, 1.82) is 0 Å². The maximum Gasteiger partial charge on any atom is 0.328 e. The molecule has 0 atom stereocenters. The smallest absolute Gasteiger partial charge is 0.328 e. The van der Waals surface area contributed by atoms with Crippen molar-refractivity contribution in [3.8, 4) is 0 Å². The van der Waals surface area contributed by atoms with Gasteiger partial charge in [0.2, 0.25) is 10.0 Å². The van der Waals surface area contributed by atoms with Crippen molar-refractivity contribution in [3.05, 3.63) is 51.2 Å². The standard InChI is InChI=1S/C16H20N6O5S/c1-20(9-14-19-17-10-22(14)6-7-27-3)28(25,26)11-4-5-13-12(8-11)15(23)21(2)16(24)18-13/h4-5,8,10H,6-7,9H2,1-3H3,(H,18,24). The molecule has 0 aliphatic carbocycles. The molecule has 150 valence electrons. The van der Waals surface area contributed by atoms with Gasteiger partial charge in [-0.15, -0.1) is 10.2 Å². The first-order valence-electron chi connectivity index (χ1n) is 8.30. The average molecular weight is 408 g/mol. The minimum atomic E-state index is -3.90. The van der Waals surface area contributed by atoms with Crippen molar-refractivity contribution in [2.24, 2.45) is 7.05 Å². The van der Waals surface area contributed by atoms with Crippen LogP contribution in [-0.4, -0.2) is 57.8 Å². The lowest BCUT2D eigenvalue weighted by Crippen LogP contribution is -2.33. The molecule has 2 aromatic heterocycles. The largest absolute Gasteiger partial charge is 0.383 e. The summed E-state index contributed by atoms with van der Waals surface area (Å²) in [5.74, 6) is 0.462. The van der Waals surface area contributed by atoms with E-state index in [0.717, 1.165) is 8.87 Å². The second-order valence-electron chi connectivity index (χ2n) is 6.20. The first-order valence-corrected chi connectivity index (χ1v) is 9.74. The van der Waals surface area contributed by atoms with E-state index in [1.54, 1.807) is 11.7 Å². The lowest BCUT2D eigenvalue weighted by atomic mass is 10.2. The molecule has 0 spiro atoms. The minimum Gasteiger partial charge on any atom is -0.383 e. The Bertz CT molecular complexity index is 1230. The van der Waals surface area contributed by atoms with Crippen molar-refractivity contribution >= 4 is 20.9 Å². The quantitative estimate of drug-likeness (QED) is 0.546. The first-order chi connectivity index (χ1) is 13.3. The summed E-state index contributed by atoms with van der Waals surface area (Å²) < 4.78 is 34.6. The Balaban J connectivity index is 1.95. The van der Waals surface area contributed by atoms with E-state index in [2.05, 4.69) is 15.2 Å². The molecule has 0 bridgehead atoms. The van der Waals surface area contributed by atoms with Crippen LogP contribution in [0, 0.1) is 0 Å². The van der Waals surface area contributed by atoms with E-state index >= 15 is 0 Å². The summed E-state index contributed by atoms with van der Waals surface area (Å²) in [6, 6.07) is 4.01. The number of hydrogen-bond donors (Lipinski definition) is 1. The summed E-state index contributed by atoms with van der Waals surface area (Å²) >= 11 is 0. The zero-order valence-electron chi connectivity index (χ0n) is 15.6. The van der Waals surface area contributed by atoms with Gasteiger partial charge in [0.1, 0.15) is 12.2 Å². The Morgan fingerprint density at radius 2 is 2.04 bits per heavy atom. The zero-order valence-corrected chi connectivity index (χ0v) is 16.4. The predicted molar refractivity (Wildman–Crippen MR) is 100 cm³/mol. The van der Waals surface area contributed by atoms with Crippen LogP contribution in [-0.2, 0) is 34.9 Å². The number of ether oxygens (including phenoxy) is 1. The van der Waals surface area contributed by atoms with Crippen LogP contribution in [0.5, 0.6) is 0 Å². The number of aromatic amines is 1. The van der Waals surface area contributed by atoms with Crippen LogP contribution in [0.1, 0.15) is 5.82 Å². The molecule has 28 heavy (non-hydrogen) atoms. The normalized spacial score (nSPS) is 12.1. The van der Waals surface area contributed by atoms with Crippen LogP contribution in [0.4, 0.5) is 0 Å². The third-order valence-corrected chi connectivity index (χ3v) is 6.18. The molecule has 1 N–H and O–H groups in total. The van der Waals surface area contributed by atoms with E-state index in [4.69, 9.17) is 4.74 Å². The number of H-pyrrole nitrogens is 1. The van der Waals surface area contributed by atoms with Gasteiger partial charge in [0.15, 0.2) is 0 Å². The van der Waals surface area contributed by atoms with E-state index in [1.165, 1.54) is 38.6 Å². The number of sulfonamides is 1. The highest BCUT2D eigenvalue weighted by atomic mass is 32.2. The van der Waals surface area contributed by atoms with Crippen LogP contribution in [0.2, 0.25) is 0 Å². The summed E-state index contributed by atoms with van der Waals surface area (Å²) in [6.45, 7) is 0.924. The molecule has 0 aliphatic rings. The molecule has 0 unspecified atom stereocenters. The molecular formula is C16H20N6O5S. The molecule has 3 aromatic rings. The van der Waals surface area contributed by atoms with Gasteiger partial charge in [-0.3, -0.25) is 9.36 Å². The number of methoxy groups -OCH3 is 1. The van der Waals surface area contributed by atoms with Gasteiger partial charge in [0, 0.05) is 27.7 Å². The van der Waals surface area contributed by atoms with E-state index in [1.807, 2.05) is 0 Å². The summed E-state index contributed by atoms with van der Waals surface area (Å²) in [5.41, 5.74) is -0.868. The fourth-order valence-electron chi connectivity index (χ4n) is 2.68. The van der Waals surface area contributed by atoms with Crippen molar-refractivity contribution in [3.63, 3.8) is 0 Å². The lowest BCUT2D eigenvalue weighted by Gasteiger charge is -2.17. The molecule has 0 radical (unpaired) electrons. The monoisotopic (exact) mass is 408 g/mol. The van der Waals surface area contributed by atoms with Crippen molar-refractivity contribution in [2.75, 3.05) is 20.8 Å². The molecule has 0 fully saturated rings. The summed E-state index contributed by atoms with van der Waals surface area (Å²) in [4.78, 5) is 26.5. The highest BCUT2D eigenvalue weighted by Crippen LogP contribution is 2.19. The first kappa shape index (κ1) is 19.9. The molecule has 0 saturated heterocycles. The Kier molecular flexibility index (Phi) is 5.45. The highest BCUT2D eigenvalue weighted by Gasteiger charge is 2.23. The van der Waals surface area contributed by atoms with E-state index in [0.29, 0.717) is 19.0 Å². The van der Waals surface area contributed by atoms with Gasteiger partial charge in [-0.25, -0.2) is 13.2 Å². The summed E-state index contributed by atoms with van der Waals surface area (Å²) in [7, 11) is 0.401. The second-order valence-corrected chi connectivity index (χ2v) is 8.24. The van der Waals surface area contributed by atoms with Gasteiger partial charge >= 0.3 is 5.69 Å². The van der Waals surface area contributed by atoms with Gasteiger partial charge in [-0.2, -0.15) is 4.31 Å². The van der Waals surface area contributed by atoms with Crippen LogP contribution in [0.25, 0.3) is 10.9 Å². The molecule has 0 aliphatic heterocycles. The average Bonchev–Trinajstić information content (AvgIpc) is 3.11. The van der Waals surface area contributed by atoms with E-state index in [9.17, 15) is 18.0 Å². The number of aromatic nitrogens is 5. The molecule has 0 amide bonds. The third-order valence-electron chi connectivity index (χ3n) is 4.38. The van der Waals surface area contributed by atoms with Gasteiger partial charge in [-0.05, 0) is 18.2 Å². The third kappa shape index (κ3) is 3.61. The number of fused-ring (bicyclic) bond motifs is 1. The number of nitrogens with one attached hydrogen (secondary N) is 1. The van der Waals surface area contributed by atoms with Crippen molar-refractivity contribution < 1.29 is 13.2 Å². The molecule has 11 nitrogen and oxygen atoms in total.